The lowest BCUT2D eigenvalue weighted by Crippen LogP contribution is -1.94. The van der Waals surface area contributed by atoms with Crippen LogP contribution < -0.4 is 0 Å². The fraction of sp³-hybridized carbons (Fsp3) is 0.154. The molecule has 0 saturated heterocycles. The van der Waals surface area contributed by atoms with Crippen LogP contribution in [0.2, 0.25) is 0 Å². The molecule has 0 radical (unpaired) electrons. The van der Waals surface area contributed by atoms with Gasteiger partial charge in [0.25, 0.3) is 0 Å². The number of phenols is 1. The number of rotatable bonds is 2. The Morgan fingerprint density at radius 3 is 2.56 bits per heavy atom. The number of hydrogen-bond donors (Lipinski definition) is 2. The molecule has 3 nitrogen and oxygen atoms in total. The summed E-state index contributed by atoms with van der Waals surface area (Å²) >= 11 is 0. The summed E-state index contributed by atoms with van der Waals surface area (Å²) in [5.74, 6) is 0.207. The minimum atomic E-state index is -0.000768. The monoisotopic (exact) mass is 215 g/mol. The quantitative estimate of drug-likeness (QED) is 0.757. The number of carbonyl (C=O) groups is 1. The van der Waals surface area contributed by atoms with Crippen LogP contribution in [0.15, 0.2) is 30.3 Å². The highest BCUT2D eigenvalue weighted by molar-refractivity contribution is 5.95. The zero-order chi connectivity index (χ0) is 11.7. The third-order valence-corrected chi connectivity index (χ3v) is 2.56. The first kappa shape index (κ1) is 10.5. The molecule has 0 spiro atoms. The number of carbonyl (C=O) groups excluding carboxylic acids is 1. The summed E-state index contributed by atoms with van der Waals surface area (Å²) in [6.45, 7) is 3.39. The van der Waals surface area contributed by atoms with Gasteiger partial charge in [0.1, 0.15) is 5.75 Å². The Hall–Kier alpha value is -2.03. The molecule has 3 heteroatoms. The van der Waals surface area contributed by atoms with E-state index in [1.807, 2.05) is 25.1 Å². The van der Waals surface area contributed by atoms with Gasteiger partial charge in [-0.1, -0.05) is 12.1 Å². The van der Waals surface area contributed by atoms with Crippen molar-refractivity contribution in [3.8, 4) is 17.0 Å². The first-order valence-corrected chi connectivity index (χ1v) is 5.08. The van der Waals surface area contributed by atoms with E-state index in [0.29, 0.717) is 11.3 Å². The van der Waals surface area contributed by atoms with E-state index in [9.17, 15) is 9.90 Å². The average Bonchev–Trinajstić information content (AvgIpc) is 2.61. The number of phenolic OH excluding ortho intramolecular Hbond substituents is 1. The summed E-state index contributed by atoms with van der Waals surface area (Å²) in [6.07, 6.45) is 0. The standard InChI is InChI=1S/C13H13NO2/c1-8-7-11(14-13(8)9(2)15)10-5-3-4-6-12(10)16/h3-7,14,16H,1-2H3. The maximum atomic E-state index is 11.3. The molecule has 0 bridgehead atoms. The van der Waals surface area contributed by atoms with Crippen LogP contribution in [0.25, 0.3) is 11.3 Å². The van der Waals surface area contributed by atoms with E-state index >= 15 is 0 Å². The lowest BCUT2D eigenvalue weighted by atomic mass is 10.1. The third-order valence-electron chi connectivity index (χ3n) is 2.56. The first-order chi connectivity index (χ1) is 7.59. The molecule has 2 rings (SSSR count). The molecule has 0 unspecified atom stereocenters. The van der Waals surface area contributed by atoms with Crippen molar-refractivity contribution in [2.45, 2.75) is 13.8 Å². The van der Waals surface area contributed by atoms with Crippen LogP contribution in [-0.2, 0) is 0 Å². The summed E-state index contributed by atoms with van der Waals surface area (Å²) in [6, 6.07) is 8.91. The second-order valence-electron chi connectivity index (χ2n) is 3.81. The van der Waals surface area contributed by atoms with E-state index in [-0.39, 0.29) is 11.5 Å². The van der Waals surface area contributed by atoms with Gasteiger partial charge in [-0.25, -0.2) is 0 Å². The van der Waals surface area contributed by atoms with E-state index in [0.717, 1.165) is 11.3 Å². The van der Waals surface area contributed by atoms with Crippen molar-refractivity contribution in [1.29, 1.82) is 0 Å². The Morgan fingerprint density at radius 2 is 2.00 bits per heavy atom. The van der Waals surface area contributed by atoms with Crippen LogP contribution in [0, 0.1) is 6.92 Å². The zero-order valence-corrected chi connectivity index (χ0v) is 9.24. The number of aromatic nitrogens is 1. The number of H-pyrrole nitrogens is 1. The predicted octanol–water partition coefficient (Wildman–Crippen LogP) is 2.90. The van der Waals surface area contributed by atoms with E-state index in [4.69, 9.17) is 0 Å². The van der Waals surface area contributed by atoms with Crippen molar-refractivity contribution in [2.24, 2.45) is 0 Å². The second kappa shape index (κ2) is 3.85. The summed E-state index contributed by atoms with van der Waals surface area (Å²) in [5, 5.41) is 9.70. The van der Waals surface area contributed by atoms with Crippen LogP contribution in [-0.4, -0.2) is 15.9 Å². The van der Waals surface area contributed by atoms with E-state index in [2.05, 4.69) is 4.98 Å². The van der Waals surface area contributed by atoms with Crippen LogP contribution in [0.4, 0.5) is 0 Å². The van der Waals surface area contributed by atoms with Gasteiger partial charge in [0.15, 0.2) is 5.78 Å². The van der Waals surface area contributed by atoms with Gasteiger partial charge in [-0.3, -0.25) is 4.79 Å². The number of ketones is 1. The molecule has 0 amide bonds. The summed E-state index contributed by atoms with van der Waals surface area (Å²) < 4.78 is 0. The van der Waals surface area contributed by atoms with E-state index in [1.165, 1.54) is 6.92 Å². The summed E-state index contributed by atoms with van der Waals surface area (Å²) in [4.78, 5) is 14.3. The first-order valence-electron chi connectivity index (χ1n) is 5.08. The molecule has 0 fully saturated rings. The van der Waals surface area contributed by atoms with Gasteiger partial charge in [-0.2, -0.15) is 0 Å². The topological polar surface area (TPSA) is 53.1 Å². The van der Waals surface area contributed by atoms with Crippen molar-refractivity contribution in [3.63, 3.8) is 0 Å². The van der Waals surface area contributed by atoms with Crippen molar-refractivity contribution < 1.29 is 9.90 Å². The minimum absolute atomic E-state index is 0.000768. The number of aryl methyl sites for hydroxylation is 1. The van der Waals surface area contributed by atoms with Gasteiger partial charge < -0.3 is 10.1 Å². The number of Topliss-reactive ketones (excluding diaryl/α,β-unsaturated/α-hetero) is 1. The van der Waals surface area contributed by atoms with Crippen molar-refractivity contribution >= 4 is 5.78 Å². The summed E-state index contributed by atoms with van der Waals surface area (Å²) in [5.41, 5.74) is 2.96. The number of aromatic hydroxyl groups is 1. The maximum Gasteiger partial charge on any atom is 0.176 e. The van der Waals surface area contributed by atoms with Crippen molar-refractivity contribution in [1.82, 2.24) is 4.98 Å². The van der Waals surface area contributed by atoms with Gasteiger partial charge in [0.05, 0.1) is 5.69 Å². The molecule has 0 aliphatic heterocycles. The van der Waals surface area contributed by atoms with E-state index < -0.39 is 0 Å². The average molecular weight is 215 g/mol. The number of nitrogens with one attached hydrogen (secondary N) is 1. The van der Waals surface area contributed by atoms with Gasteiger partial charge >= 0.3 is 0 Å². The fourth-order valence-corrected chi connectivity index (χ4v) is 1.77. The zero-order valence-electron chi connectivity index (χ0n) is 9.24. The Morgan fingerprint density at radius 1 is 1.31 bits per heavy atom. The van der Waals surface area contributed by atoms with Gasteiger partial charge in [0.2, 0.25) is 0 Å². The molecule has 1 aromatic heterocycles. The van der Waals surface area contributed by atoms with Gasteiger partial charge in [-0.05, 0) is 30.7 Å². The maximum absolute atomic E-state index is 11.3. The molecule has 0 aliphatic carbocycles. The Labute approximate surface area is 93.7 Å². The molecule has 0 atom stereocenters. The largest absolute Gasteiger partial charge is 0.507 e. The fourth-order valence-electron chi connectivity index (χ4n) is 1.77. The van der Waals surface area contributed by atoms with E-state index in [1.54, 1.807) is 12.1 Å². The number of para-hydroxylation sites is 1. The lowest BCUT2D eigenvalue weighted by Gasteiger charge is -2.00. The second-order valence-corrected chi connectivity index (χ2v) is 3.81. The number of aromatic amines is 1. The molecular formula is C13H13NO2. The lowest BCUT2D eigenvalue weighted by molar-refractivity contribution is 0.101. The molecular weight excluding hydrogens is 202 g/mol. The highest BCUT2D eigenvalue weighted by Gasteiger charge is 2.11. The molecule has 0 saturated carbocycles. The molecule has 0 aliphatic rings. The normalized spacial score (nSPS) is 10.4. The third kappa shape index (κ3) is 1.72. The molecule has 2 aromatic rings. The predicted molar refractivity (Wildman–Crippen MR) is 62.6 cm³/mol. The smallest absolute Gasteiger partial charge is 0.176 e. The Balaban J connectivity index is 2.54. The van der Waals surface area contributed by atoms with Crippen molar-refractivity contribution in [2.75, 3.05) is 0 Å². The molecule has 16 heavy (non-hydrogen) atoms. The highest BCUT2D eigenvalue weighted by Crippen LogP contribution is 2.29. The highest BCUT2D eigenvalue weighted by atomic mass is 16.3. The molecule has 2 N–H and O–H groups in total. The van der Waals surface area contributed by atoms with Crippen LogP contribution >= 0.6 is 0 Å². The van der Waals surface area contributed by atoms with Crippen molar-refractivity contribution in [3.05, 3.63) is 41.6 Å². The Kier molecular flexibility index (Phi) is 2.52. The summed E-state index contributed by atoms with van der Waals surface area (Å²) in [7, 11) is 0. The number of hydrogen-bond acceptors (Lipinski definition) is 2. The minimum Gasteiger partial charge on any atom is -0.507 e. The van der Waals surface area contributed by atoms with Gasteiger partial charge in [-0.15, -0.1) is 0 Å². The van der Waals surface area contributed by atoms with Crippen LogP contribution in [0.1, 0.15) is 23.0 Å². The molecule has 1 heterocycles. The Bertz CT molecular complexity index is 541. The SMILES string of the molecule is CC(=O)c1[nH]c(-c2ccccc2O)cc1C. The molecule has 82 valence electrons. The van der Waals surface area contributed by atoms with Crippen LogP contribution in [0.3, 0.4) is 0 Å². The van der Waals surface area contributed by atoms with Crippen LogP contribution in [0.5, 0.6) is 5.75 Å². The number of benzene rings is 1. The molecule has 1 aromatic carbocycles. The van der Waals surface area contributed by atoms with Gasteiger partial charge in [0, 0.05) is 18.2 Å².